The SMILES string of the molecule is COC(=O)N[C@H](C(=O)N1[C@H](C)[C@H](C)C[C@H]1c1nc2c(ccc3cc4c(cc32)COc2cc(B3OC(C)(C)C(C)(C)O3)ccc2-4)[nH]1)C(C)C. The first-order chi connectivity index (χ1) is 22.7. The molecule has 4 aromatic rings. The monoisotopic (exact) mass is 652 g/mol. The predicted molar refractivity (Wildman–Crippen MR) is 186 cm³/mol. The molecule has 4 heterocycles. The summed E-state index contributed by atoms with van der Waals surface area (Å²) in [5, 5.41) is 4.85. The highest BCUT2D eigenvalue weighted by atomic mass is 16.7. The summed E-state index contributed by atoms with van der Waals surface area (Å²) in [6.45, 7) is 16.7. The zero-order valence-corrected chi connectivity index (χ0v) is 29.3. The number of alkyl carbamates (subject to hydrolysis) is 1. The minimum absolute atomic E-state index is 0.0253. The molecular weight excluding hydrogens is 607 g/mol. The average molecular weight is 653 g/mol. The Hall–Kier alpha value is -4.09. The van der Waals surface area contributed by atoms with Crippen LogP contribution in [0.4, 0.5) is 4.79 Å². The number of carbonyl (C=O) groups is 2. The maximum atomic E-state index is 14.0. The van der Waals surface area contributed by atoms with Gasteiger partial charge in [-0.05, 0) is 99.1 Å². The van der Waals surface area contributed by atoms with E-state index >= 15 is 0 Å². The molecule has 10 nitrogen and oxygen atoms in total. The molecule has 0 aliphatic carbocycles. The van der Waals surface area contributed by atoms with Gasteiger partial charge in [-0.1, -0.05) is 39.0 Å². The first-order valence-electron chi connectivity index (χ1n) is 16.9. The van der Waals surface area contributed by atoms with Crippen LogP contribution in [0.25, 0.3) is 32.9 Å². The van der Waals surface area contributed by atoms with Crippen LogP contribution in [-0.2, 0) is 25.4 Å². The van der Waals surface area contributed by atoms with Gasteiger partial charge in [0.25, 0.3) is 0 Å². The van der Waals surface area contributed by atoms with Crippen molar-refractivity contribution >= 4 is 46.4 Å². The first-order valence-corrected chi connectivity index (χ1v) is 16.9. The van der Waals surface area contributed by atoms with E-state index in [0.29, 0.717) is 6.61 Å². The van der Waals surface area contributed by atoms with Gasteiger partial charge in [-0.2, -0.15) is 0 Å². The van der Waals surface area contributed by atoms with Crippen molar-refractivity contribution in [3.05, 3.63) is 53.9 Å². The zero-order valence-electron chi connectivity index (χ0n) is 29.3. The zero-order chi connectivity index (χ0) is 34.3. The minimum Gasteiger partial charge on any atom is -0.488 e. The number of methoxy groups -OCH3 is 1. The van der Waals surface area contributed by atoms with Crippen molar-refractivity contribution in [1.82, 2.24) is 20.2 Å². The number of nitrogens with one attached hydrogen (secondary N) is 2. The largest absolute Gasteiger partial charge is 0.494 e. The fraction of sp³-hybridized carbons (Fsp3) is 0.486. The molecule has 4 atom stereocenters. The molecule has 0 radical (unpaired) electrons. The second-order valence-electron chi connectivity index (χ2n) is 15.0. The summed E-state index contributed by atoms with van der Waals surface area (Å²) < 4.78 is 23.7. The third-order valence-electron chi connectivity index (χ3n) is 11.1. The van der Waals surface area contributed by atoms with E-state index in [9.17, 15) is 9.59 Å². The summed E-state index contributed by atoms with van der Waals surface area (Å²) in [4.78, 5) is 36.7. The molecule has 3 aliphatic rings. The second kappa shape index (κ2) is 11.5. The molecule has 1 aromatic heterocycles. The molecule has 2 N–H and O–H groups in total. The second-order valence-corrected chi connectivity index (χ2v) is 15.0. The first kappa shape index (κ1) is 32.5. The van der Waals surface area contributed by atoms with E-state index in [1.165, 1.54) is 7.11 Å². The van der Waals surface area contributed by atoms with Crippen molar-refractivity contribution < 1.29 is 28.4 Å². The van der Waals surface area contributed by atoms with Gasteiger partial charge in [0.15, 0.2) is 0 Å². The van der Waals surface area contributed by atoms with Gasteiger partial charge in [0, 0.05) is 17.0 Å². The van der Waals surface area contributed by atoms with Crippen molar-refractivity contribution in [2.24, 2.45) is 11.8 Å². The lowest BCUT2D eigenvalue weighted by atomic mass is 9.78. The van der Waals surface area contributed by atoms with Crippen molar-refractivity contribution in [3.8, 4) is 16.9 Å². The fourth-order valence-electron chi connectivity index (χ4n) is 7.28. The number of carbonyl (C=O) groups excluding carboxylic acids is 2. The number of hydrogen-bond acceptors (Lipinski definition) is 7. The average Bonchev–Trinajstić information content (AvgIpc) is 3.68. The Labute approximate surface area is 282 Å². The van der Waals surface area contributed by atoms with Crippen LogP contribution in [0.15, 0.2) is 42.5 Å². The number of rotatable bonds is 5. The number of likely N-dealkylation sites (tertiary alicyclic amines) is 1. The lowest BCUT2D eigenvalue weighted by molar-refractivity contribution is -0.137. The van der Waals surface area contributed by atoms with Crippen LogP contribution in [0, 0.1) is 11.8 Å². The summed E-state index contributed by atoms with van der Waals surface area (Å²) in [6, 6.07) is 13.8. The van der Waals surface area contributed by atoms with Crippen LogP contribution in [0.1, 0.15) is 79.2 Å². The van der Waals surface area contributed by atoms with Gasteiger partial charge in [-0.25, -0.2) is 9.78 Å². The number of H-pyrrole nitrogens is 1. The molecule has 0 bridgehead atoms. The smallest absolute Gasteiger partial charge is 0.488 e. The number of hydrogen-bond donors (Lipinski definition) is 2. The van der Waals surface area contributed by atoms with E-state index in [2.05, 4.69) is 88.2 Å². The molecule has 2 fully saturated rings. The summed E-state index contributed by atoms with van der Waals surface area (Å²) >= 11 is 0. The number of benzene rings is 3. The van der Waals surface area contributed by atoms with E-state index in [-0.39, 0.29) is 29.8 Å². The molecule has 7 rings (SSSR count). The molecular formula is C37H45BN4O6. The summed E-state index contributed by atoms with van der Waals surface area (Å²) in [7, 11) is 0.849. The van der Waals surface area contributed by atoms with Gasteiger partial charge in [-0.3, -0.25) is 4.79 Å². The molecule has 0 unspecified atom stereocenters. The van der Waals surface area contributed by atoms with E-state index in [4.69, 9.17) is 23.8 Å². The number of aromatic nitrogens is 2. The van der Waals surface area contributed by atoms with Crippen LogP contribution >= 0.6 is 0 Å². The maximum absolute atomic E-state index is 14.0. The Morgan fingerprint density at radius 1 is 1.04 bits per heavy atom. The Kier molecular flexibility index (Phi) is 7.79. The van der Waals surface area contributed by atoms with Crippen molar-refractivity contribution in [1.29, 1.82) is 0 Å². The van der Waals surface area contributed by atoms with E-state index in [1.54, 1.807) is 0 Å². The summed E-state index contributed by atoms with van der Waals surface area (Å²) in [6.07, 6.45) is 0.149. The molecule has 48 heavy (non-hydrogen) atoms. The molecule has 3 aromatic carbocycles. The number of ether oxygens (including phenoxy) is 2. The maximum Gasteiger partial charge on any atom is 0.494 e. The predicted octanol–water partition coefficient (Wildman–Crippen LogP) is 6.25. The van der Waals surface area contributed by atoms with E-state index in [0.717, 1.165) is 62.0 Å². The highest BCUT2D eigenvalue weighted by Crippen LogP contribution is 2.43. The third-order valence-corrected chi connectivity index (χ3v) is 11.1. The van der Waals surface area contributed by atoms with Crippen molar-refractivity contribution in [2.45, 2.75) is 97.7 Å². The Morgan fingerprint density at radius 3 is 2.46 bits per heavy atom. The molecule has 3 aliphatic heterocycles. The summed E-state index contributed by atoms with van der Waals surface area (Å²) in [5.41, 5.74) is 5.12. The lowest BCUT2D eigenvalue weighted by Gasteiger charge is -2.33. The molecule has 11 heteroatoms. The van der Waals surface area contributed by atoms with E-state index < -0.39 is 30.5 Å². The standard InChI is InChI=1S/C37H45BN4O6/c1-19(2)31(41-35(44)45-9)34(43)42-21(4)20(3)14-29(42)33-39-28-13-10-22-15-26-23(16-27(22)32(28)40-33)18-46-30-17-24(11-12-25(26)30)38-47-36(5,6)37(7,8)48-38/h10-13,15-17,19-21,29,31H,14,18H2,1-9H3,(H,39,40)(H,41,44)/t20-,21-,29+,31+/m1/s1. The molecule has 252 valence electrons. The topological polar surface area (TPSA) is 115 Å². The van der Waals surface area contributed by atoms with Gasteiger partial charge >= 0.3 is 13.2 Å². The molecule has 0 saturated carbocycles. The van der Waals surface area contributed by atoms with Crippen LogP contribution in [0.3, 0.4) is 0 Å². The number of nitrogens with zero attached hydrogens (tertiary/aromatic N) is 2. The van der Waals surface area contributed by atoms with Crippen molar-refractivity contribution in [3.63, 3.8) is 0 Å². The fourth-order valence-corrected chi connectivity index (χ4v) is 7.28. The number of fused-ring (bicyclic) bond motifs is 6. The Morgan fingerprint density at radius 2 is 1.77 bits per heavy atom. The van der Waals surface area contributed by atoms with Crippen LogP contribution in [-0.4, -0.2) is 64.4 Å². The Balaban J connectivity index is 1.22. The number of imidazole rings is 1. The lowest BCUT2D eigenvalue weighted by Crippen LogP contribution is -2.53. The number of aromatic amines is 1. The number of amides is 2. The summed E-state index contributed by atoms with van der Waals surface area (Å²) in [5.74, 6) is 1.57. The molecule has 2 saturated heterocycles. The normalized spacial score (nSPS) is 23.2. The van der Waals surface area contributed by atoms with Gasteiger partial charge in [0.2, 0.25) is 5.91 Å². The quantitative estimate of drug-likeness (QED) is 0.245. The highest BCUT2D eigenvalue weighted by molar-refractivity contribution is 6.62. The minimum atomic E-state index is -0.708. The van der Waals surface area contributed by atoms with Gasteiger partial charge in [-0.15, -0.1) is 0 Å². The van der Waals surface area contributed by atoms with Crippen LogP contribution < -0.4 is 15.5 Å². The van der Waals surface area contributed by atoms with Crippen LogP contribution in [0.2, 0.25) is 0 Å². The van der Waals surface area contributed by atoms with Gasteiger partial charge < -0.3 is 34.0 Å². The van der Waals surface area contributed by atoms with Gasteiger partial charge in [0.05, 0.1) is 35.4 Å². The van der Waals surface area contributed by atoms with Crippen LogP contribution in [0.5, 0.6) is 5.75 Å². The Bertz CT molecular complexity index is 1920. The van der Waals surface area contributed by atoms with Gasteiger partial charge in [0.1, 0.15) is 24.2 Å². The van der Waals surface area contributed by atoms with E-state index in [1.807, 2.05) is 24.8 Å². The third kappa shape index (κ3) is 5.22. The highest BCUT2D eigenvalue weighted by Gasteiger charge is 2.52. The molecule has 2 amide bonds. The molecule has 0 spiro atoms. The van der Waals surface area contributed by atoms with Crippen molar-refractivity contribution in [2.75, 3.05) is 7.11 Å².